The summed E-state index contributed by atoms with van der Waals surface area (Å²) in [4.78, 5) is 12.2. The average Bonchev–Trinajstić information content (AvgIpc) is 2.53. The van der Waals surface area contributed by atoms with Gasteiger partial charge in [0.1, 0.15) is 0 Å². The number of hydrogen-bond acceptors (Lipinski definition) is 2. The lowest BCUT2D eigenvalue weighted by Gasteiger charge is -2.25. The molecule has 0 saturated heterocycles. The van der Waals surface area contributed by atoms with Gasteiger partial charge >= 0.3 is 0 Å². The molecule has 0 fully saturated rings. The monoisotopic (exact) mass is 250 g/mol. The second-order valence-electron chi connectivity index (χ2n) is 5.89. The van der Waals surface area contributed by atoms with Gasteiger partial charge < -0.3 is 9.88 Å². The number of nitrogens with zero attached hydrogens (tertiary/aromatic N) is 1. The van der Waals surface area contributed by atoms with Crippen LogP contribution in [-0.2, 0) is 5.54 Å². The minimum Gasteiger partial charge on any atom is -0.343 e. The molecule has 1 aromatic heterocycles. The number of aryl methyl sites for hydroxylation is 1. The molecular formula is C15H26N2O. The van der Waals surface area contributed by atoms with Crippen LogP contribution in [0, 0.1) is 13.8 Å². The number of rotatable bonds is 5. The van der Waals surface area contributed by atoms with E-state index in [1.807, 2.05) is 13.0 Å². The molecule has 102 valence electrons. The van der Waals surface area contributed by atoms with E-state index in [0.717, 1.165) is 29.9 Å². The van der Waals surface area contributed by atoms with Crippen LogP contribution in [0.15, 0.2) is 6.07 Å². The zero-order valence-corrected chi connectivity index (χ0v) is 12.6. The Hall–Kier alpha value is -1.09. The van der Waals surface area contributed by atoms with E-state index in [1.54, 1.807) is 0 Å². The Morgan fingerprint density at radius 3 is 2.39 bits per heavy atom. The van der Waals surface area contributed by atoms with Gasteiger partial charge in [-0.2, -0.15) is 0 Å². The van der Waals surface area contributed by atoms with Gasteiger partial charge in [0.2, 0.25) is 0 Å². The van der Waals surface area contributed by atoms with Crippen molar-refractivity contribution in [1.82, 2.24) is 9.88 Å². The molecule has 0 aliphatic carbocycles. The number of carbonyl (C=O) groups is 1. The van der Waals surface area contributed by atoms with Crippen molar-refractivity contribution in [2.75, 3.05) is 13.1 Å². The van der Waals surface area contributed by atoms with Crippen LogP contribution in [0.1, 0.15) is 55.9 Å². The van der Waals surface area contributed by atoms with Crippen LogP contribution in [0.3, 0.4) is 0 Å². The molecule has 0 bridgehead atoms. The van der Waals surface area contributed by atoms with Crippen molar-refractivity contribution in [2.45, 2.75) is 53.5 Å². The Kier molecular flexibility index (Phi) is 4.74. The fourth-order valence-electron chi connectivity index (χ4n) is 2.55. The van der Waals surface area contributed by atoms with Gasteiger partial charge in [-0.05, 0) is 53.7 Å². The summed E-state index contributed by atoms with van der Waals surface area (Å²) < 4.78 is 2.24. The van der Waals surface area contributed by atoms with Gasteiger partial charge in [0.15, 0.2) is 5.78 Å². The Labute approximate surface area is 111 Å². The molecule has 0 spiro atoms. The van der Waals surface area contributed by atoms with E-state index in [0.29, 0.717) is 6.54 Å². The molecule has 0 amide bonds. The van der Waals surface area contributed by atoms with Gasteiger partial charge in [0.05, 0.1) is 6.54 Å². The summed E-state index contributed by atoms with van der Waals surface area (Å²) in [6, 6.07) is 2.01. The third-order valence-corrected chi connectivity index (χ3v) is 3.11. The van der Waals surface area contributed by atoms with Crippen molar-refractivity contribution in [3.8, 4) is 0 Å². The van der Waals surface area contributed by atoms with Gasteiger partial charge in [0, 0.05) is 22.5 Å². The van der Waals surface area contributed by atoms with Gasteiger partial charge in [-0.15, -0.1) is 0 Å². The van der Waals surface area contributed by atoms with Crippen LogP contribution in [0.5, 0.6) is 0 Å². The highest BCUT2D eigenvalue weighted by Gasteiger charge is 2.22. The third-order valence-electron chi connectivity index (χ3n) is 3.11. The van der Waals surface area contributed by atoms with Crippen LogP contribution in [0.25, 0.3) is 0 Å². The maximum atomic E-state index is 12.2. The first-order valence-corrected chi connectivity index (χ1v) is 6.72. The normalized spacial score (nSPS) is 11.9. The fraction of sp³-hybridized carbons (Fsp3) is 0.667. The summed E-state index contributed by atoms with van der Waals surface area (Å²) in [5.41, 5.74) is 3.09. The van der Waals surface area contributed by atoms with Crippen molar-refractivity contribution in [1.29, 1.82) is 0 Å². The minimum absolute atomic E-state index is 0.0174. The van der Waals surface area contributed by atoms with Crippen LogP contribution < -0.4 is 5.32 Å². The lowest BCUT2D eigenvalue weighted by atomic mass is 10.1. The molecule has 1 heterocycles. The molecule has 3 nitrogen and oxygen atoms in total. The summed E-state index contributed by atoms with van der Waals surface area (Å²) in [5, 5.41) is 3.17. The average molecular weight is 250 g/mol. The molecule has 1 N–H and O–H groups in total. The van der Waals surface area contributed by atoms with Crippen LogP contribution in [0.2, 0.25) is 0 Å². The predicted molar refractivity (Wildman–Crippen MR) is 76.4 cm³/mol. The highest BCUT2D eigenvalue weighted by Crippen LogP contribution is 2.24. The molecule has 1 rings (SSSR count). The number of nitrogens with one attached hydrogen (secondary N) is 1. The molecule has 0 aromatic carbocycles. The highest BCUT2D eigenvalue weighted by molar-refractivity contribution is 5.99. The van der Waals surface area contributed by atoms with Gasteiger partial charge in [-0.1, -0.05) is 6.92 Å². The van der Waals surface area contributed by atoms with Crippen LogP contribution in [-0.4, -0.2) is 23.4 Å². The first-order valence-electron chi connectivity index (χ1n) is 6.72. The topological polar surface area (TPSA) is 34.0 Å². The summed E-state index contributed by atoms with van der Waals surface area (Å²) >= 11 is 0. The summed E-state index contributed by atoms with van der Waals surface area (Å²) in [7, 11) is 0. The molecule has 0 aliphatic rings. The van der Waals surface area contributed by atoms with Crippen molar-refractivity contribution in [2.24, 2.45) is 0 Å². The van der Waals surface area contributed by atoms with E-state index in [4.69, 9.17) is 0 Å². The smallest absolute Gasteiger partial charge is 0.178 e. The van der Waals surface area contributed by atoms with Crippen molar-refractivity contribution in [3.05, 3.63) is 23.0 Å². The number of Topliss-reactive ketones (excluding diaryl/α,β-unsaturated/α-hetero) is 1. The zero-order valence-electron chi connectivity index (χ0n) is 12.6. The number of aromatic nitrogens is 1. The van der Waals surface area contributed by atoms with E-state index < -0.39 is 0 Å². The molecular weight excluding hydrogens is 224 g/mol. The molecule has 0 unspecified atom stereocenters. The first-order chi connectivity index (χ1) is 8.29. The van der Waals surface area contributed by atoms with E-state index in [2.05, 4.69) is 44.5 Å². The quantitative estimate of drug-likeness (QED) is 0.644. The van der Waals surface area contributed by atoms with Crippen molar-refractivity contribution < 1.29 is 4.79 Å². The molecule has 18 heavy (non-hydrogen) atoms. The first kappa shape index (κ1) is 15.0. The highest BCUT2D eigenvalue weighted by atomic mass is 16.1. The van der Waals surface area contributed by atoms with Crippen LogP contribution in [0.4, 0.5) is 0 Å². The molecule has 0 saturated carbocycles. The van der Waals surface area contributed by atoms with E-state index in [9.17, 15) is 4.79 Å². The lowest BCUT2D eigenvalue weighted by Crippen LogP contribution is -2.26. The molecule has 0 radical (unpaired) electrons. The number of hydrogen-bond donors (Lipinski definition) is 1. The van der Waals surface area contributed by atoms with Gasteiger partial charge in [-0.3, -0.25) is 4.79 Å². The Morgan fingerprint density at radius 1 is 1.33 bits per heavy atom. The SMILES string of the molecule is CCCNCC(=O)c1cc(C)n(C(C)(C)C)c1C. The Morgan fingerprint density at radius 2 is 1.94 bits per heavy atom. The summed E-state index contributed by atoms with van der Waals surface area (Å²) in [6.07, 6.45) is 1.05. The molecule has 0 atom stereocenters. The maximum absolute atomic E-state index is 12.2. The fourth-order valence-corrected chi connectivity index (χ4v) is 2.55. The third kappa shape index (κ3) is 3.22. The summed E-state index contributed by atoms with van der Waals surface area (Å²) in [6.45, 7) is 14.0. The predicted octanol–water partition coefficient (Wildman–Crippen LogP) is 3.04. The van der Waals surface area contributed by atoms with Gasteiger partial charge in [0.25, 0.3) is 0 Å². The zero-order chi connectivity index (χ0) is 13.9. The second-order valence-corrected chi connectivity index (χ2v) is 5.89. The van der Waals surface area contributed by atoms with Crippen LogP contribution >= 0.6 is 0 Å². The van der Waals surface area contributed by atoms with E-state index in [-0.39, 0.29) is 11.3 Å². The number of ketones is 1. The standard InChI is InChI=1S/C15H26N2O/c1-7-8-16-10-14(18)13-9-11(2)17(12(13)3)15(4,5)6/h9,16H,7-8,10H2,1-6H3. The van der Waals surface area contributed by atoms with E-state index in [1.165, 1.54) is 0 Å². The summed E-state index contributed by atoms with van der Waals surface area (Å²) in [5.74, 6) is 0.187. The maximum Gasteiger partial charge on any atom is 0.178 e. The molecule has 1 aromatic rings. The molecule has 3 heteroatoms. The minimum atomic E-state index is 0.0174. The lowest BCUT2D eigenvalue weighted by molar-refractivity contribution is 0.0990. The van der Waals surface area contributed by atoms with Gasteiger partial charge in [-0.25, -0.2) is 0 Å². The second kappa shape index (κ2) is 5.70. The Bertz CT molecular complexity index is 424. The van der Waals surface area contributed by atoms with Crippen molar-refractivity contribution >= 4 is 5.78 Å². The molecule has 0 aliphatic heterocycles. The van der Waals surface area contributed by atoms with Crippen molar-refractivity contribution in [3.63, 3.8) is 0 Å². The van der Waals surface area contributed by atoms with E-state index >= 15 is 0 Å². The number of carbonyl (C=O) groups excluding carboxylic acids is 1. The largest absolute Gasteiger partial charge is 0.343 e. The Balaban J connectivity index is 2.95.